The number of hydrogen-bond acceptors (Lipinski definition) is 2. The lowest BCUT2D eigenvalue weighted by molar-refractivity contribution is -0.137. The van der Waals surface area contributed by atoms with E-state index in [4.69, 9.17) is 6.42 Å². The van der Waals surface area contributed by atoms with Gasteiger partial charge in [-0.2, -0.15) is 0 Å². The first kappa shape index (κ1) is 13.2. The summed E-state index contributed by atoms with van der Waals surface area (Å²) in [7, 11) is 1.76. The molecule has 1 unspecified atom stereocenters. The number of amides is 2. The van der Waals surface area contributed by atoms with E-state index in [-0.39, 0.29) is 24.2 Å². The molecule has 1 atom stereocenters. The molecule has 4 heteroatoms. The first-order chi connectivity index (χ1) is 9.10. The molecule has 1 aromatic carbocycles. The molecule has 98 valence electrons. The zero-order chi connectivity index (χ0) is 13.8. The number of nitrogens with one attached hydrogen (secondary N) is 1. The Morgan fingerprint density at radius 1 is 1.53 bits per heavy atom. The topological polar surface area (TPSA) is 49.4 Å². The zero-order valence-corrected chi connectivity index (χ0v) is 10.8. The van der Waals surface area contributed by atoms with Gasteiger partial charge in [-0.05, 0) is 24.6 Å². The molecule has 1 aromatic rings. The maximum absolute atomic E-state index is 12.1. The Morgan fingerprint density at radius 2 is 2.32 bits per heavy atom. The SMILES string of the molecule is C#Cc1cccc(NC(=O)C2CCN(C)C(=O)C2)c1. The number of rotatable bonds is 2. The van der Waals surface area contributed by atoms with Crippen LogP contribution in [-0.4, -0.2) is 30.3 Å². The van der Waals surface area contributed by atoms with Crippen molar-refractivity contribution in [2.75, 3.05) is 18.9 Å². The molecule has 0 saturated carbocycles. The minimum atomic E-state index is -0.252. The summed E-state index contributed by atoms with van der Waals surface area (Å²) in [6, 6.07) is 7.13. The van der Waals surface area contributed by atoms with Gasteiger partial charge in [-0.1, -0.05) is 12.0 Å². The molecule has 1 aliphatic rings. The van der Waals surface area contributed by atoms with Gasteiger partial charge in [-0.3, -0.25) is 9.59 Å². The quantitative estimate of drug-likeness (QED) is 0.815. The molecular formula is C15H16N2O2. The highest BCUT2D eigenvalue weighted by molar-refractivity contribution is 5.95. The largest absolute Gasteiger partial charge is 0.346 e. The predicted molar refractivity (Wildman–Crippen MR) is 73.4 cm³/mol. The lowest BCUT2D eigenvalue weighted by Gasteiger charge is -2.27. The van der Waals surface area contributed by atoms with Crippen LogP contribution in [0.25, 0.3) is 0 Å². The van der Waals surface area contributed by atoms with Crippen molar-refractivity contribution in [3.63, 3.8) is 0 Å². The second kappa shape index (κ2) is 5.57. The monoisotopic (exact) mass is 256 g/mol. The van der Waals surface area contributed by atoms with Crippen LogP contribution in [0.15, 0.2) is 24.3 Å². The highest BCUT2D eigenvalue weighted by Crippen LogP contribution is 2.19. The van der Waals surface area contributed by atoms with E-state index in [1.54, 1.807) is 36.2 Å². The summed E-state index contributed by atoms with van der Waals surface area (Å²) in [6.07, 6.45) is 6.29. The normalized spacial score (nSPS) is 18.8. The van der Waals surface area contributed by atoms with Gasteiger partial charge in [-0.25, -0.2) is 0 Å². The van der Waals surface area contributed by atoms with Crippen molar-refractivity contribution in [2.45, 2.75) is 12.8 Å². The molecule has 0 aliphatic carbocycles. The molecule has 0 aromatic heterocycles. The van der Waals surface area contributed by atoms with Crippen LogP contribution in [0, 0.1) is 18.3 Å². The van der Waals surface area contributed by atoms with Gasteiger partial charge in [0.2, 0.25) is 11.8 Å². The van der Waals surface area contributed by atoms with Gasteiger partial charge in [0.25, 0.3) is 0 Å². The molecule has 1 N–H and O–H groups in total. The van der Waals surface area contributed by atoms with Crippen molar-refractivity contribution in [1.82, 2.24) is 4.90 Å². The van der Waals surface area contributed by atoms with Crippen LogP contribution in [0.4, 0.5) is 5.69 Å². The average molecular weight is 256 g/mol. The van der Waals surface area contributed by atoms with E-state index in [1.807, 2.05) is 0 Å². The first-order valence-electron chi connectivity index (χ1n) is 6.21. The average Bonchev–Trinajstić information content (AvgIpc) is 2.42. The highest BCUT2D eigenvalue weighted by Gasteiger charge is 2.28. The van der Waals surface area contributed by atoms with Crippen LogP contribution >= 0.6 is 0 Å². The second-order valence-electron chi connectivity index (χ2n) is 4.72. The van der Waals surface area contributed by atoms with Crippen LogP contribution in [0.1, 0.15) is 18.4 Å². The summed E-state index contributed by atoms with van der Waals surface area (Å²) in [5.41, 5.74) is 1.39. The van der Waals surface area contributed by atoms with E-state index < -0.39 is 0 Å². The van der Waals surface area contributed by atoms with Crippen LogP contribution in [0.3, 0.4) is 0 Å². The molecule has 0 radical (unpaired) electrons. The van der Waals surface area contributed by atoms with Gasteiger partial charge < -0.3 is 10.2 Å². The molecule has 4 nitrogen and oxygen atoms in total. The molecule has 1 saturated heterocycles. The Labute approximate surface area is 112 Å². The standard InChI is InChI=1S/C15H16N2O2/c1-3-11-5-4-6-13(9-11)16-15(19)12-7-8-17(2)14(18)10-12/h1,4-6,9,12H,7-8,10H2,2H3,(H,16,19). The Bertz CT molecular complexity index is 545. The van der Waals surface area contributed by atoms with E-state index in [0.29, 0.717) is 18.7 Å². The third kappa shape index (κ3) is 3.14. The van der Waals surface area contributed by atoms with Gasteiger partial charge in [0, 0.05) is 37.2 Å². The molecule has 1 heterocycles. The summed E-state index contributed by atoms with van der Waals surface area (Å²) in [6.45, 7) is 0.626. The minimum Gasteiger partial charge on any atom is -0.346 e. The Balaban J connectivity index is 2.01. The van der Waals surface area contributed by atoms with Crippen molar-refractivity contribution < 1.29 is 9.59 Å². The molecule has 1 aliphatic heterocycles. The van der Waals surface area contributed by atoms with Crippen LogP contribution < -0.4 is 5.32 Å². The van der Waals surface area contributed by atoms with Crippen LogP contribution in [0.2, 0.25) is 0 Å². The van der Waals surface area contributed by atoms with E-state index in [2.05, 4.69) is 11.2 Å². The number of carbonyl (C=O) groups excluding carboxylic acids is 2. The second-order valence-corrected chi connectivity index (χ2v) is 4.72. The lowest BCUT2D eigenvalue weighted by Crippen LogP contribution is -2.39. The van der Waals surface area contributed by atoms with Gasteiger partial charge >= 0.3 is 0 Å². The first-order valence-corrected chi connectivity index (χ1v) is 6.21. The number of terminal acetylenes is 1. The van der Waals surface area contributed by atoms with Crippen LogP contribution in [0.5, 0.6) is 0 Å². The summed E-state index contributed by atoms with van der Waals surface area (Å²) in [4.78, 5) is 25.3. The maximum Gasteiger partial charge on any atom is 0.228 e. The number of anilines is 1. The highest BCUT2D eigenvalue weighted by atomic mass is 16.2. The zero-order valence-electron chi connectivity index (χ0n) is 10.8. The number of carbonyl (C=O) groups is 2. The summed E-state index contributed by atoms with van der Waals surface area (Å²) >= 11 is 0. The van der Waals surface area contributed by atoms with E-state index in [1.165, 1.54) is 0 Å². The van der Waals surface area contributed by atoms with Crippen molar-refractivity contribution in [3.05, 3.63) is 29.8 Å². The van der Waals surface area contributed by atoms with E-state index in [0.717, 1.165) is 5.56 Å². The lowest BCUT2D eigenvalue weighted by atomic mass is 9.95. The Hall–Kier alpha value is -2.28. The number of piperidine rings is 1. The summed E-state index contributed by atoms with van der Waals surface area (Å²) in [5, 5.41) is 2.82. The Kier molecular flexibility index (Phi) is 3.86. The van der Waals surface area contributed by atoms with Crippen molar-refractivity contribution >= 4 is 17.5 Å². The molecular weight excluding hydrogens is 240 g/mol. The van der Waals surface area contributed by atoms with Gasteiger partial charge in [0.05, 0.1) is 0 Å². The molecule has 1 fully saturated rings. The van der Waals surface area contributed by atoms with Gasteiger partial charge in [-0.15, -0.1) is 6.42 Å². The minimum absolute atomic E-state index is 0.0174. The van der Waals surface area contributed by atoms with E-state index >= 15 is 0 Å². The molecule has 2 amide bonds. The molecule has 2 rings (SSSR count). The van der Waals surface area contributed by atoms with Gasteiger partial charge in [0.15, 0.2) is 0 Å². The number of likely N-dealkylation sites (tertiary alicyclic amines) is 1. The number of nitrogens with zero attached hydrogens (tertiary/aromatic N) is 1. The van der Waals surface area contributed by atoms with Crippen LogP contribution in [-0.2, 0) is 9.59 Å². The smallest absolute Gasteiger partial charge is 0.228 e. The summed E-state index contributed by atoms with van der Waals surface area (Å²) < 4.78 is 0. The van der Waals surface area contributed by atoms with Crippen molar-refractivity contribution in [1.29, 1.82) is 0 Å². The van der Waals surface area contributed by atoms with Crippen molar-refractivity contribution in [3.8, 4) is 12.3 Å². The maximum atomic E-state index is 12.1. The predicted octanol–water partition coefficient (Wildman–Crippen LogP) is 1.47. The third-order valence-corrected chi connectivity index (χ3v) is 3.33. The Morgan fingerprint density at radius 3 is 3.00 bits per heavy atom. The number of hydrogen-bond donors (Lipinski definition) is 1. The molecule has 0 spiro atoms. The van der Waals surface area contributed by atoms with E-state index in [9.17, 15) is 9.59 Å². The van der Waals surface area contributed by atoms with Crippen molar-refractivity contribution in [2.24, 2.45) is 5.92 Å². The summed E-state index contributed by atoms with van der Waals surface area (Å²) in [5.74, 6) is 2.17. The fourth-order valence-electron chi connectivity index (χ4n) is 2.10. The number of benzene rings is 1. The van der Waals surface area contributed by atoms with Gasteiger partial charge in [0.1, 0.15) is 0 Å². The fraction of sp³-hybridized carbons (Fsp3) is 0.333. The third-order valence-electron chi connectivity index (χ3n) is 3.33. The fourth-order valence-corrected chi connectivity index (χ4v) is 2.10. The molecule has 19 heavy (non-hydrogen) atoms. The molecule has 0 bridgehead atoms.